The van der Waals surface area contributed by atoms with E-state index in [0.717, 1.165) is 11.3 Å². The summed E-state index contributed by atoms with van der Waals surface area (Å²) < 4.78 is 9.77. The van der Waals surface area contributed by atoms with Crippen molar-refractivity contribution in [2.45, 2.75) is 5.75 Å². The van der Waals surface area contributed by atoms with Crippen molar-refractivity contribution in [2.75, 3.05) is 13.7 Å². The van der Waals surface area contributed by atoms with Gasteiger partial charge in [0.2, 0.25) is 0 Å². The average Bonchev–Trinajstić information content (AvgIpc) is 2.66. The highest BCUT2D eigenvalue weighted by Crippen LogP contribution is 2.12. The molecule has 0 aliphatic heterocycles. The van der Waals surface area contributed by atoms with Crippen LogP contribution in [0.4, 0.5) is 0 Å². The van der Waals surface area contributed by atoms with Crippen molar-refractivity contribution in [3.05, 3.63) is 65.7 Å². The molecule has 0 aliphatic carbocycles. The lowest BCUT2D eigenvalue weighted by Gasteiger charge is -2.04. The second-order valence-corrected chi connectivity index (χ2v) is 5.89. The molecule has 0 spiro atoms. The fourth-order valence-electron chi connectivity index (χ4n) is 1.76. The number of hydrogen-bond acceptors (Lipinski definition) is 6. The Morgan fingerprint density at radius 3 is 2.56 bits per heavy atom. The lowest BCUT2D eigenvalue weighted by molar-refractivity contribution is -0.142. The van der Waals surface area contributed by atoms with Gasteiger partial charge in [0, 0.05) is 5.75 Å². The number of carbonyl (C=O) groups is 1. The monoisotopic (exact) mass is 357 g/mol. The minimum Gasteiger partial charge on any atom is -0.482 e. The van der Waals surface area contributed by atoms with Gasteiger partial charge in [0.15, 0.2) is 11.8 Å². The first-order valence-corrected chi connectivity index (χ1v) is 8.49. The first kappa shape index (κ1) is 18.5. The van der Waals surface area contributed by atoms with Crippen LogP contribution in [0.3, 0.4) is 0 Å². The molecule has 0 fully saturated rings. The number of nitrogens with two attached hydrogens (primary N) is 1. The first-order valence-electron chi connectivity index (χ1n) is 7.50. The molecule has 0 saturated carbocycles. The number of carbonyl (C=O) groups excluding carboxylic acids is 1. The zero-order valence-electron chi connectivity index (χ0n) is 13.8. The van der Waals surface area contributed by atoms with Crippen molar-refractivity contribution in [3.8, 4) is 5.75 Å². The molecule has 0 aromatic heterocycles. The molecule has 0 heterocycles. The van der Waals surface area contributed by atoms with Gasteiger partial charge in [-0.2, -0.15) is 5.10 Å². The number of rotatable bonds is 7. The summed E-state index contributed by atoms with van der Waals surface area (Å²) in [6.45, 7) is -0.122. The van der Waals surface area contributed by atoms with Crippen molar-refractivity contribution >= 4 is 29.1 Å². The zero-order valence-corrected chi connectivity index (χ0v) is 14.6. The van der Waals surface area contributed by atoms with Crippen LogP contribution in [0.5, 0.6) is 5.75 Å². The van der Waals surface area contributed by atoms with Crippen molar-refractivity contribution < 1.29 is 14.3 Å². The number of esters is 1. The van der Waals surface area contributed by atoms with Crippen molar-refractivity contribution in [3.63, 3.8) is 0 Å². The van der Waals surface area contributed by atoms with Gasteiger partial charge in [-0.3, -0.25) is 0 Å². The number of thioether (sulfide) groups is 1. The lowest BCUT2D eigenvalue weighted by atomic mass is 10.2. The van der Waals surface area contributed by atoms with E-state index in [1.807, 2.05) is 30.3 Å². The van der Waals surface area contributed by atoms with Crippen LogP contribution in [0.1, 0.15) is 11.1 Å². The first-order chi connectivity index (χ1) is 12.2. The summed E-state index contributed by atoms with van der Waals surface area (Å²) in [4.78, 5) is 11.0. The fourth-order valence-corrected chi connectivity index (χ4v) is 2.38. The van der Waals surface area contributed by atoms with Crippen LogP contribution in [-0.2, 0) is 15.3 Å². The molecule has 0 radical (unpaired) electrons. The Morgan fingerprint density at radius 1 is 1.16 bits per heavy atom. The predicted molar refractivity (Wildman–Crippen MR) is 101 cm³/mol. The van der Waals surface area contributed by atoms with E-state index in [1.54, 1.807) is 30.5 Å². The lowest BCUT2D eigenvalue weighted by Crippen LogP contribution is -2.12. The maximum absolute atomic E-state index is 11.0. The second-order valence-electron chi connectivity index (χ2n) is 4.89. The van der Waals surface area contributed by atoms with Gasteiger partial charge in [0.25, 0.3) is 0 Å². The number of ether oxygens (including phenoxy) is 2. The van der Waals surface area contributed by atoms with Crippen LogP contribution >= 0.6 is 11.8 Å². The Labute approximate surface area is 150 Å². The van der Waals surface area contributed by atoms with E-state index in [-0.39, 0.29) is 6.61 Å². The summed E-state index contributed by atoms with van der Waals surface area (Å²) in [6.07, 6.45) is 1.60. The highest BCUT2D eigenvalue weighted by atomic mass is 32.2. The number of amidine groups is 1. The number of hydrogen-bond donors (Lipinski definition) is 1. The van der Waals surface area contributed by atoms with Crippen molar-refractivity contribution in [2.24, 2.45) is 15.9 Å². The van der Waals surface area contributed by atoms with E-state index in [1.165, 1.54) is 24.4 Å². The highest BCUT2D eigenvalue weighted by Gasteiger charge is 2.01. The number of nitrogens with zero attached hydrogens (tertiary/aromatic N) is 2. The van der Waals surface area contributed by atoms with Gasteiger partial charge < -0.3 is 15.2 Å². The largest absolute Gasteiger partial charge is 0.482 e. The average molecular weight is 357 g/mol. The second kappa shape index (κ2) is 10.1. The molecule has 7 heteroatoms. The van der Waals surface area contributed by atoms with Crippen LogP contribution in [0.15, 0.2) is 64.8 Å². The molecule has 0 saturated heterocycles. The summed E-state index contributed by atoms with van der Waals surface area (Å²) in [6, 6.07) is 17.1. The molecular formula is C18H19N3O3S. The van der Waals surface area contributed by atoms with Gasteiger partial charge in [-0.25, -0.2) is 4.79 Å². The molecule has 0 bridgehead atoms. The van der Waals surface area contributed by atoms with Crippen LogP contribution in [0, 0.1) is 0 Å². The van der Waals surface area contributed by atoms with Crippen LogP contribution < -0.4 is 10.5 Å². The van der Waals surface area contributed by atoms with Gasteiger partial charge >= 0.3 is 5.97 Å². The Bertz CT molecular complexity index is 731. The van der Waals surface area contributed by atoms with E-state index in [9.17, 15) is 4.79 Å². The normalized spacial score (nSPS) is 11.5. The maximum Gasteiger partial charge on any atom is 0.343 e. The molecule has 0 amide bonds. The van der Waals surface area contributed by atoms with E-state index < -0.39 is 5.97 Å². The number of methoxy groups -OCH3 is 1. The van der Waals surface area contributed by atoms with Crippen molar-refractivity contribution in [1.29, 1.82) is 0 Å². The third-order valence-corrected chi connectivity index (χ3v) is 3.91. The van der Waals surface area contributed by atoms with Gasteiger partial charge in [-0.1, -0.05) is 42.1 Å². The fraction of sp³-hybridized carbons (Fsp3) is 0.167. The summed E-state index contributed by atoms with van der Waals surface area (Å²) in [5.41, 5.74) is 7.85. The van der Waals surface area contributed by atoms with E-state index in [0.29, 0.717) is 10.9 Å². The van der Waals surface area contributed by atoms with E-state index in [4.69, 9.17) is 10.5 Å². The highest BCUT2D eigenvalue weighted by molar-refractivity contribution is 8.13. The third kappa shape index (κ3) is 7.09. The minimum atomic E-state index is -0.427. The standard InChI is InChI=1S/C18H19N3O3S/c1-23-17(22)12-24-16-9-7-14(8-10-16)11-20-21-18(19)25-13-15-5-3-2-4-6-15/h2-11H,12-13H2,1H3,(H2,19,21). The minimum absolute atomic E-state index is 0.122. The van der Waals surface area contributed by atoms with Gasteiger partial charge in [-0.15, -0.1) is 5.10 Å². The zero-order chi connectivity index (χ0) is 17.9. The maximum atomic E-state index is 11.0. The van der Waals surface area contributed by atoms with Gasteiger partial charge in [-0.05, 0) is 35.4 Å². The quantitative estimate of drug-likeness (QED) is 0.356. The molecule has 2 aromatic rings. The summed E-state index contributed by atoms with van der Waals surface area (Å²) in [5, 5.41) is 8.34. The summed E-state index contributed by atoms with van der Waals surface area (Å²) in [7, 11) is 1.32. The van der Waals surface area contributed by atoms with Crippen LogP contribution in [-0.4, -0.2) is 31.1 Å². The molecule has 0 unspecified atom stereocenters. The SMILES string of the molecule is COC(=O)COc1ccc(C=NN=C(N)SCc2ccccc2)cc1. The van der Waals surface area contributed by atoms with Crippen LogP contribution in [0.25, 0.3) is 0 Å². The molecule has 25 heavy (non-hydrogen) atoms. The molecule has 130 valence electrons. The van der Waals surface area contributed by atoms with Gasteiger partial charge in [0.05, 0.1) is 13.3 Å². The van der Waals surface area contributed by atoms with E-state index >= 15 is 0 Å². The summed E-state index contributed by atoms with van der Waals surface area (Å²) >= 11 is 1.43. The topological polar surface area (TPSA) is 86.3 Å². The Kier molecular flexibility index (Phi) is 7.52. The van der Waals surface area contributed by atoms with Crippen molar-refractivity contribution in [1.82, 2.24) is 0 Å². The third-order valence-electron chi connectivity index (χ3n) is 3.06. The van der Waals surface area contributed by atoms with Crippen LogP contribution in [0.2, 0.25) is 0 Å². The van der Waals surface area contributed by atoms with Gasteiger partial charge in [0.1, 0.15) is 5.75 Å². The Hall–Kier alpha value is -2.80. The smallest absolute Gasteiger partial charge is 0.343 e. The molecule has 0 aliphatic rings. The molecule has 2 N–H and O–H groups in total. The molecule has 6 nitrogen and oxygen atoms in total. The Balaban J connectivity index is 1.81. The molecular weight excluding hydrogens is 338 g/mol. The predicted octanol–water partition coefficient (Wildman–Crippen LogP) is 2.82. The van der Waals surface area contributed by atoms with E-state index in [2.05, 4.69) is 14.9 Å². The molecule has 2 rings (SSSR count). The number of benzene rings is 2. The summed E-state index contributed by atoms with van der Waals surface area (Å²) in [5.74, 6) is 0.894. The molecule has 2 aromatic carbocycles. The Morgan fingerprint density at radius 2 is 1.88 bits per heavy atom. The molecule has 0 atom stereocenters.